The van der Waals surface area contributed by atoms with Gasteiger partial charge in [0.2, 0.25) is 0 Å². The molecule has 0 aliphatic rings. The highest BCUT2D eigenvalue weighted by atomic mass is 16.6. The van der Waals surface area contributed by atoms with Crippen molar-refractivity contribution in [3.05, 3.63) is 27.9 Å². The number of hydrogen-bond acceptors (Lipinski definition) is 7. The van der Waals surface area contributed by atoms with Gasteiger partial charge in [-0.25, -0.2) is 9.78 Å². The van der Waals surface area contributed by atoms with Crippen LogP contribution >= 0.6 is 0 Å². The third kappa shape index (κ3) is 3.62. The van der Waals surface area contributed by atoms with Gasteiger partial charge in [0, 0.05) is 13.2 Å². The molecule has 100 valence electrons. The number of anilines is 1. The Balaban J connectivity index is 2.87. The average Bonchev–Trinajstić information content (AvgIpc) is 2.38. The zero-order chi connectivity index (χ0) is 14.4. The molecule has 9 heteroatoms. The summed E-state index contributed by atoms with van der Waals surface area (Å²) in [6, 6.07) is 2.80. The van der Waals surface area contributed by atoms with Crippen molar-refractivity contribution in [2.75, 3.05) is 19.0 Å². The van der Waals surface area contributed by atoms with Crippen LogP contribution in [0, 0.1) is 21.4 Å². The Bertz CT molecular complexity index is 539. The van der Waals surface area contributed by atoms with Crippen LogP contribution in [0.25, 0.3) is 0 Å². The van der Waals surface area contributed by atoms with Crippen LogP contribution in [0.3, 0.4) is 0 Å². The van der Waals surface area contributed by atoms with E-state index in [1.165, 1.54) is 7.11 Å². The van der Waals surface area contributed by atoms with Crippen LogP contribution in [0.1, 0.15) is 5.56 Å². The molecule has 0 saturated heterocycles. The van der Waals surface area contributed by atoms with Crippen molar-refractivity contribution >= 4 is 17.5 Å². The highest BCUT2D eigenvalue weighted by molar-refractivity contribution is 5.73. The second-order valence-corrected chi connectivity index (χ2v) is 3.40. The third-order valence-electron chi connectivity index (χ3n) is 2.22. The van der Waals surface area contributed by atoms with Crippen LogP contribution in [0.15, 0.2) is 12.3 Å². The van der Waals surface area contributed by atoms with Gasteiger partial charge in [0.15, 0.2) is 6.10 Å². The first-order valence-corrected chi connectivity index (χ1v) is 5.03. The van der Waals surface area contributed by atoms with E-state index >= 15 is 0 Å². The monoisotopic (exact) mass is 266 g/mol. The molecule has 0 spiro atoms. The molecule has 1 rings (SSSR count). The molecule has 1 atom stereocenters. The van der Waals surface area contributed by atoms with Gasteiger partial charge in [-0.05, 0) is 0 Å². The number of aliphatic carboxylic acids is 1. The van der Waals surface area contributed by atoms with Crippen LogP contribution in [0.4, 0.5) is 11.5 Å². The van der Waals surface area contributed by atoms with Crippen molar-refractivity contribution in [2.24, 2.45) is 0 Å². The molecule has 9 nitrogen and oxygen atoms in total. The molecule has 0 radical (unpaired) electrons. The Morgan fingerprint density at radius 3 is 2.95 bits per heavy atom. The van der Waals surface area contributed by atoms with E-state index in [9.17, 15) is 14.9 Å². The lowest BCUT2D eigenvalue weighted by Crippen LogP contribution is -2.30. The molecule has 19 heavy (non-hydrogen) atoms. The first-order chi connectivity index (χ1) is 8.99. The molecule has 2 N–H and O–H groups in total. The maximum absolute atomic E-state index is 10.7. The van der Waals surface area contributed by atoms with E-state index in [0.717, 1.165) is 12.3 Å². The fourth-order valence-corrected chi connectivity index (χ4v) is 1.24. The average molecular weight is 266 g/mol. The van der Waals surface area contributed by atoms with Crippen molar-refractivity contribution < 1.29 is 19.6 Å². The first-order valence-electron chi connectivity index (χ1n) is 5.03. The van der Waals surface area contributed by atoms with Crippen molar-refractivity contribution in [3.8, 4) is 6.07 Å². The highest BCUT2D eigenvalue weighted by Gasteiger charge is 2.18. The van der Waals surface area contributed by atoms with Crippen LogP contribution in [-0.4, -0.2) is 40.7 Å². The van der Waals surface area contributed by atoms with Crippen LogP contribution < -0.4 is 5.32 Å². The summed E-state index contributed by atoms with van der Waals surface area (Å²) < 4.78 is 4.69. The van der Waals surface area contributed by atoms with Crippen molar-refractivity contribution in [1.29, 1.82) is 5.26 Å². The molecular weight excluding hydrogens is 256 g/mol. The van der Waals surface area contributed by atoms with E-state index in [2.05, 4.69) is 15.0 Å². The van der Waals surface area contributed by atoms with E-state index < -0.39 is 17.0 Å². The first kappa shape index (κ1) is 14.3. The molecule has 1 aromatic heterocycles. The number of ether oxygens (including phenoxy) is 1. The summed E-state index contributed by atoms with van der Waals surface area (Å²) in [4.78, 5) is 24.3. The summed E-state index contributed by atoms with van der Waals surface area (Å²) in [6.07, 6.45) is -0.130. The van der Waals surface area contributed by atoms with E-state index in [0.29, 0.717) is 0 Å². The van der Waals surface area contributed by atoms with Gasteiger partial charge in [0.25, 0.3) is 5.69 Å². The zero-order valence-corrected chi connectivity index (χ0v) is 9.86. The zero-order valence-electron chi connectivity index (χ0n) is 9.86. The van der Waals surface area contributed by atoms with Gasteiger partial charge in [-0.15, -0.1) is 0 Å². The Hall–Kier alpha value is -2.73. The number of nitriles is 1. The summed E-state index contributed by atoms with van der Waals surface area (Å²) >= 11 is 0. The molecule has 0 aliphatic heterocycles. The molecule has 0 fully saturated rings. The normalized spacial score (nSPS) is 11.4. The van der Waals surface area contributed by atoms with Crippen LogP contribution in [0.2, 0.25) is 0 Å². The second kappa shape index (κ2) is 6.27. The molecule has 0 bridgehead atoms. The molecule has 1 heterocycles. The Morgan fingerprint density at radius 1 is 1.79 bits per heavy atom. The standard InChI is InChI=1S/C10H10N4O5/c1-19-8(10(15)16)5-13-9-6(3-11)2-7(4-12-9)14(17)18/h2,4,8H,5H2,1H3,(H,12,13)(H,15,16). The van der Waals surface area contributed by atoms with Crippen LogP contribution in [0.5, 0.6) is 0 Å². The number of nitrogens with one attached hydrogen (secondary N) is 1. The van der Waals surface area contributed by atoms with Gasteiger partial charge in [-0.1, -0.05) is 0 Å². The molecule has 1 aromatic rings. The predicted octanol–water partition coefficient (Wildman–Crippen LogP) is 0.373. The van der Waals surface area contributed by atoms with Gasteiger partial charge < -0.3 is 15.2 Å². The largest absolute Gasteiger partial charge is 0.479 e. The van der Waals surface area contributed by atoms with Gasteiger partial charge in [-0.3, -0.25) is 10.1 Å². The number of nitrogens with zero attached hydrogens (tertiary/aromatic N) is 3. The maximum Gasteiger partial charge on any atom is 0.334 e. The van der Waals surface area contributed by atoms with E-state index in [1.807, 2.05) is 0 Å². The quantitative estimate of drug-likeness (QED) is 0.556. The molecule has 0 aromatic carbocycles. The van der Waals surface area contributed by atoms with Gasteiger partial charge in [0.05, 0.1) is 11.5 Å². The number of pyridine rings is 1. The minimum Gasteiger partial charge on any atom is -0.479 e. The molecule has 0 saturated carbocycles. The lowest BCUT2D eigenvalue weighted by atomic mass is 10.2. The Labute approximate surface area is 107 Å². The third-order valence-corrected chi connectivity index (χ3v) is 2.22. The van der Waals surface area contributed by atoms with Crippen molar-refractivity contribution in [1.82, 2.24) is 4.98 Å². The van der Waals surface area contributed by atoms with Gasteiger partial charge >= 0.3 is 5.97 Å². The second-order valence-electron chi connectivity index (χ2n) is 3.40. The van der Waals surface area contributed by atoms with E-state index in [4.69, 9.17) is 10.4 Å². The van der Waals surface area contributed by atoms with E-state index in [1.54, 1.807) is 6.07 Å². The SMILES string of the molecule is COC(CNc1ncc([N+](=O)[O-])cc1C#N)C(=O)O. The topological polar surface area (TPSA) is 138 Å². The van der Waals surface area contributed by atoms with E-state index in [-0.39, 0.29) is 23.6 Å². The maximum atomic E-state index is 10.7. The number of aromatic nitrogens is 1. The summed E-state index contributed by atoms with van der Waals surface area (Å²) in [5.74, 6) is -1.10. The summed E-state index contributed by atoms with van der Waals surface area (Å²) in [5.41, 5.74) is -0.363. The predicted molar refractivity (Wildman–Crippen MR) is 62.5 cm³/mol. The number of carboxylic acid groups (broad SMARTS) is 1. The van der Waals surface area contributed by atoms with Crippen molar-refractivity contribution in [3.63, 3.8) is 0 Å². The smallest absolute Gasteiger partial charge is 0.334 e. The number of hydrogen-bond donors (Lipinski definition) is 2. The molecule has 0 amide bonds. The number of methoxy groups -OCH3 is 1. The summed E-state index contributed by atoms with van der Waals surface area (Å²) in [6.45, 7) is -0.120. The Kier molecular flexibility index (Phi) is 4.73. The summed E-state index contributed by atoms with van der Waals surface area (Å²) in [7, 11) is 1.23. The number of rotatable bonds is 6. The minimum absolute atomic E-state index is 0.0468. The van der Waals surface area contributed by atoms with Crippen LogP contribution in [-0.2, 0) is 9.53 Å². The number of nitro groups is 1. The fourth-order valence-electron chi connectivity index (χ4n) is 1.24. The summed E-state index contributed by atoms with van der Waals surface area (Å²) in [5, 5.41) is 30.7. The Morgan fingerprint density at radius 2 is 2.47 bits per heavy atom. The molecular formula is C10H10N4O5. The van der Waals surface area contributed by atoms with Crippen molar-refractivity contribution in [2.45, 2.75) is 6.10 Å². The van der Waals surface area contributed by atoms with Gasteiger partial charge in [-0.2, -0.15) is 5.26 Å². The molecule has 1 unspecified atom stereocenters. The van der Waals surface area contributed by atoms with Gasteiger partial charge in [0.1, 0.15) is 23.6 Å². The highest BCUT2D eigenvalue weighted by Crippen LogP contribution is 2.18. The number of carboxylic acids is 1. The fraction of sp³-hybridized carbons (Fsp3) is 0.300. The minimum atomic E-state index is -1.17. The number of carbonyl (C=O) groups is 1. The molecule has 0 aliphatic carbocycles. The lowest BCUT2D eigenvalue weighted by molar-refractivity contribution is -0.385. The lowest BCUT2D eigenvalue weighted by Gasteiger charge is -2.12.